The van der Waals surface area contributed by atoms with Crippen LogP contribution in [0.3, 0.4) is 0 Å². The molecule has 2 aromatic carbocycles. The smallest absolute Gasteiger partial charge is 0.191 e. The third-order valence-corrected chi connectivity index (χ3v) is 4.72. The fourth-order valence-electron chi connectivity index (χ4n) is 2.87. The summed E-state index contributed by atoms with van der Waals surface area (Å²) in [5, 5.41) is 7.48. The molecule has 0 amide bonds. The monoisotopic (exact) mass is 523 g/mol. The van der Waals surface area contributed by atoms with Crippen molar-refractivity contribution in [3.05, 3.63) is 89.0 Å². The van der Waals surface area contributed by atoms with E-state index in [9.17, 15) is 0 Å². The van der Waals surface area contributed by atoms with E-state index in [2.05, 4.69) is 62.4 Å². The summed E-state index contributed by atoms with van der Waals surface area (Å²) in [6.45, 7) is 5.12. The van der Waals surface area contributed by atoms with Gasteiger partial charge < -0.3 is 15.2 Å². The zero-order chi connectivity index (χ0) is 19.6. The number of benzene rings is 2. The zero-order valence-electron chi connectivity index (χ0n) is 16.5. The SMILES string of the molecule is CCNC(=NCc1ccc(Cn2ccnc2)cc1)NCCc1ccccc1Cl.I. The van der Waals surface area contributed by atoms with E-state index >= 15 is 0 Å². The van der Waals surface area contributed by atoms with Crippen LogP contribution in [0.4, 0.5) is 0 Å². The molecule has 0 fully saturated rings. The Kier molecular flexibility index (Phi) is 10.0. The molecule has 0 aliphatic carbocycles. The number of hydrogen-bond donors (Lipinski definition) is 2. The van der Waals surface area contributed by atoms with Crippen LogP contribution in [-0.4, -0.2) is 28.6 Å². The maximum Gasteiger partial charge on any atom is 0.191 e. The molecule has 1 aromatic heterocycles. The van der Waals surface area contributed by atoms with Crippen LogP contribution < -0.4 is 10.6 Å². The highest BCUT2D eigenvalue weighted by Gasteiger charge is 2.02. The summed E-state index contributed by atoms with van der Waals surface area (Å²) in [5.74, 6) is 0.817. The lowest BCUT2D eigenvalue weighted by Crippen LogP contribution is -2.38. The maximum absolute atomic E-state index is 6.22. The maximum atomic E-state index is 6.22. The molecule has 0 spiro atoms. The predicted molar refractivity (Wildman–Crippen MR) is 131 cm³/mol. The number of nitrogens with one attached hydrogen (secondary N) is 2. The molecular weight excluding hydrogens is 497 g/mol. The van der Waals surface area contributed by atoms with Gasteiger partial charge in [0.1, 0.15) is 0 Å². The number of guanidine groups is 1. The number of imidazole rings is 1. The van der Waals surface area contributed by atoms with Gasteiger partial charge in [0.05, 0.1) is 12.9 Å². The van der Waals surface area contributed by atoms with Gasteiger partial charge in [-0.05, 0) is 36.1 Å². The predicted octanol–water partition coefficient (Wildman–Crippen LogP) is 4.50. The van der Waals surface area contributed by atoms with Crippen LogP contribution in [0, 0.1) is 0 Å². The van der Waals surface area contributed by atoms with Crippen LogP contribution in [-0.2, 0) is 19.5 Å². The highest BCUT2D eigenvalue weighted by molar-refractivity contribution is 14.0. The Morgan fingerprint density at radius 1 is 1.07 bits per heavy atom. The van der Waals surface area contributed by atoms with Crippen molar-refractivity contribution in [1.82, 2.24) is 20.2 Å². The molecule has 0 aliphatic rings. The number of aromatic nitrogens is 2. The first-order chi connectivity index (χ1) is 13.7. The topological polar surface area (TPSA) is 54.2 Å². The van der Waals surface area contributed by atoms with E-state index in [0.717, 1.165) is 42.6 Å². The van der Waals surface area contributed by atoms with E-state index in [0.29, 0.717) is 6.54 Å². The summed E-state index contributed by atoms with van der Waals surface area (Å²) in [7, 11) is 0. The summed E-state index contributed by atoms with van der Waals surface area (Å²) in [5.41, 5.74) is 3.56. The van der Waals surface area contributed by atoms with Crippen molar-refractivity contribution in [2.75, 3.05) is 13.1 Å². The first kappa shape index (κ1) is 23.2. The van der Waals surface area contributed by atoms with Gasteiger partial charge in [0.25, 0.3) is 0 Å². The van der Waals surface area contributed by atoms with Gasteiger partial charge in [0, 0.05) is 37.1 Å². The molecule has 0 bridgehead atoms. The fraction of sp³-hybridized carbons (Fsp3) is 0.273. The molecule has 5 nitrogen and oxygen atoms in total. The van der Waals surface area contributed by atoms with Crippen molar-refractivity contribution in [2.45, 2.75) is 26.4 Å². The summed E-state index contributed by atoms with van der Waals surface area (Å²) >= 11 is 6.22. The van der Waals surface area contributed by atoms with Crippen molar-refractivity contribution in [3.8, 4) is 0 Å². The van der Waals surface area contributed by atoms with E-state index in [4.69, 9.17) is 11.6 Å². The molecule has 0 radical (unpaired) electrons. The lowest BCUT2D eigenvalue weighted by molar-refractivity contribution is 0.794. The van der Waals surface area contributed by atoms with Gasteiger partial charge in [-0.1, -0.05) is 54.1 Å². The molecule has 7 heteroatoms. The van der Waals surface area contributed by atoms with Crippen LogP contribution in [0.15, 0.2) is 72.2 Å². The molecule has 1 heterocycles. The van der Waals surface area contributed by atoms with Gasteiger partial charge in [0.15, 0.2) is 5.96 Å². The number of nitrogens with zero attached hydrogens (tertiary/aromatic N) is 3. The second-order valence-electron chi connectivity index (χ2n) is 6.51. The lowest BCUT2D eigenvalue weighted by atomic mass is 10.1. The molecular formula is C22H27ClIN5. The number of rotatable bonds is 8. The molecule has 29 heavy (non-hydrogen) atoms. The molecule has 0 saturated heterocycles. The average Bonchev–Trinajstić information content (AvgIpc) is 3.22. The van der Waals surface area contributed by atoms with E-state index < -0.39 is 0 Å². The van der Waals surface area contributed by atoms with Crippen LogP contribution in [0.1, 0.15) is 23.6 Å². The molecule has 0 atom stereocenters. The summed E-state index contributed by atoms with van der Waals surface area (Å²) in [4.78, 5) is 8.76. The summed E-state index contributed by atoms with van der Waals surface area (Å²) < 4.78 is 2.05. The van der Waals surface area contributed by atoms with Gasteiger partial charge in [-0.25, -0.2) is 9.98 Å². The summed E-state index contributed by atoms with van der Waals surface area (Å²) in [6, 6.07) is 16.5. The van der Waals surface area contributed by atoms with Crippen molar-refractivity contribution in [1.29, 1.82) is 0 Å². The van der Waals surface area contributed by atoms with Crippen LogP contribution >= 0.6 is 35.6 Å². The normalized spacial score (nSPS) is 11.0. The molecule has 0 unspecified atom stereocenters. The number of aliphatic imine (C=N–C) groups is 1. The molecule has 3 aromatic rings. The quantitative estimate of drug-likeness (QED) is 0.260. The molecule has 2 N–H and O–H groups in total. The van der Waals surface area contributed by atoms with Crippen molar-refractivity contribution < 1.29 is 0 Å². The van der Waals surface area contributed by atoms with Gasteiger partial charge in [-0.2, -0.15) is 0 Å². The second-order valence-corrected chi connectivity index (χ2v) is 6.92. The van der Waals surface area contributed by atoms with Gasteiger partial charge in [0.2, 0.25) is 0 Å². The van der Waals surface area contributed by atoms with Crippen molar-refractivity contribution in [2.24, 2.45) is 4.99 Å². The Hall–Kier alpha value is -2.06. The van der Waals surface area contributed by atoms with Crippen LogP contribution in [0.2, 0.25) is 5.02 Å². The Morgan fingerprint density at radius 2 is 1.83 bits per heavy atom. The molecule has 0 saturated carbocycles. The van der Waals surface area contributed by atoms with Crippen LogP contribution in [0.5, 0.6) is 0 Å². The largest absolute Gasteiger partial charge is 0.357 e. The third kappa shape index (κ3) is 7.70. The van der Waals surface area contributed by atoms with Crippen LogP contribution in [0.25, 0.3) is 0 Å². The highest BCUT2D eigenvalue weighted by Crippen LogP contribution is 2.14. The zero-order valence-corrected chi connectivity index (χ0v) is 19.6. The van der Waals surface area contributed by atoms with E-state index in [1.165, 1.54) is 11.1 Å². The number of halogens is 2. The lowest BCUT2D eigenvalue weighted by Gasteiger charge is -2.12. The highest BCUT2D eigenvalue weighted by atomic mass is 127. The van der Waals surface area contributed by atoms with Gasteiger partial charge in [-0.15, -0.1) is 24.0 Å². The minimum absolute atomic E-state index is 0. The minimum atomic E-state index is 0. The molecule has 0 aliphatic heterocycles. The minimum Gasteiger partial charge on any atom is -0.357 e. The fourth-order valence-corrected chi connectivity index (χ4v) is 3.10. The average molecular weight is 524 g/mol. The third-order valence-electron chi connectivity index (χ3n) is 4.36. The van der Waals surface area contributed by atoms with Crippen molar-refractivity contribution >= 4 is 41.5 Å². The van der Waals surface area contributed by atoms with Crippen molar-refractivity contribution in [3.63, 3.8) is 0 Å². The second kappa shape index (κ2) is 12.5. The number of hydrogen-bond acceptors (Lipinski definition) is 2. The van der Waals surface area contributed by atoms with E-state index in [-0.39, 0.29) is 24.0 Å². The first-order valence-electron chi connectivity index (χ1n) is 9.53. The Labute approximate surface area is 194 Å². The summed E-state index contributed by atoms with van der Waals surface area (Å²) in [6.07, 6.45) is 6.45. The molecule has 154 valence electrons. The standard InChI is InChI=1S/C22H26ClN5.HI/c1-2-25-22(26-12-11-20-5-3-4-6-21(20)23)27-15-18-7-9-19(10-8-18)16-28-14-13-24-17-28;/h3-10,13-14,17H,2,11-12,15-16H2,1H3,(H2,25,26,27);1H. The van der Waals surface area contributed by atoms with Gasteiger partial charge in [-0.3, -0.25) is 0 Å². The first-order valence-corrected chi connectivity index (χ1v) is 9.91. The van der Waals surface area contributed by atoms with E-state index in [1.807, 2.05) is 30.7 Å². The molecule has 3 rings (SSSR count). The van der Waals surface area contributed by atoms with E-state index in [1.54, 1.807) is 6.20 Å². The Morgan fingerprint density at radius 3 is 2.52 bits per heavy atom. The van der Waals surface area contributed by atoms with Gasteiger partial charge >= 0.3 is 0 Å². The Balaban J connectivity index is 0.00000300. The Bertz CT molecular complexity index is 878.